The van der Waals surface area contributed by atoms with Crippen molar-refractivity contribution in [1.82, 2.24) is 10.2 Å². The number of aryl methyl sites for hydroxylation is 1. The van der Waals surface area contributed by atoms with Gasteiger partial charge in [0.05, 0.1) is 6.61 Å². The molecule has 1 aliphatic rings. The number of likely N-dealkylation sites (tertiary alicyclic amines) is 1. The van der Waals surface area contributed by atoms with Crippen molar-refractivity contribution < 1.29 is 9.53 Å². The number of nitrogens with zero attached hydrogens (tertiary/aromatic N) is 1. The molecule has 1 aliphatic heterocycles. The smallest absolute Gasteiger partial charge is 0.246 e. The van der Waals surface area contributed by atoms with Gasteiger partial charge in [-0.25, -0.2) is 0 Å². The van der Waals surface area contributed by atoms with Crippen LogP contribution in [0.5, 0.6) is 0 Å². The number of nitrogens with one attached hydrogen (secondary N) is 1. The summed E-state index contributed by atoms with van der Waals surface area (Å²) in [6.45, 7) is 5.51. The molecular weight excluding hydrogens is 360 g/mol. The molecule has 27 heavy (non-hydrogen) atoms. The van der Waals surface area contributed by atoms with Crippen LogP contribution >= 0.6 is 11.6 Å². The summed E-state index contributed by atoms with van der Waals surface area (Å²) in [5.41, 5.74) is 3.55. The van der Waals surface area contributed by atoms with Gasteiger partial charge in [-0.2, -0.15) is 0 Å². The van der Waals surface area contributed by atoms with Crippen LogP contribution in [0.3, 0.4) is 0 Å². The molecule has 0 aliphatic carbocycles. The maximum absolute atomic E-state index is 12.1. The largest absolute Gasteiger partial charge is 0.367 e. The van der Waals surface area contributed by atoms with E-state index < -0.39 is 0 Å². The lowest BCUT2D eigenvalue weighted by Crippen LogP contribution is -2.45. The number of hydrogen-bond donors (Lipinski definition) is 1. The van der Waals surface area contributed by atoms with Crippen LogP contribution < -0.4 is 5.32 Å². The number of hydrogen-bond acceptors (Lipinski definition) is 3. The molecule has 0 bridgehead atoms. The van der Waals surface area contributed by atoms with E-state index in [2.05, 4.69) is 41.4 Å². The summed E-state index contributed by atoms with van der Waals surface area (Å²) in [6.07, 6.45) is 1.95. The van der Waals surface area contributed by atoms with Crippen LogP contribution in [0.15, 0.2) is 48.5 Å². The molecule has 1 fully saturated rings. The zero-order valence-corrected chi connectivity index (χ0v) is 16.5. The zero-order valence-electron chi connectivity index (χ0n) is 15.8. The number of ether oxygens (including phenoxy) is 1. The Morgan fingerprint density at radius 1 is 1.19 bits per heavy atom. The molecule has 0 saturated carbocycles. The van der Waals surface area contributed by atoms with Crippen molar-refractivity contribution in [2.45, 2.75) is 39.0 Å². The van der Waals surface area contributed by atoms with Crippen LogP contribution in [-0.2, 0) is 22.7 Å². The Bertz CT molecular complexity index is 757. The fraction of sp³-hybridized carbons (Fsp3) is 0.409. The number of benzene rings is 2. The Morgan fingerprint density at radius 3 is 2.70 bits per heavy atom. The van der Waals surface area contributed by atoms with Gasteiger partial charge in [0, 0.05) is 30.7 Å². The second-order valence-electron chi connectivity index (χ2n) is 7.19. The molecule has 0 unspecified atom stereocenters. The summed E-state index contributed by atoms with van der Waals surface area (Å²) in [5.74, 6) is -0.0563. The van der Waals surface area contributed by atoms with E-state index in [9.17, 15) is 4.79 Å². The molecule has 0 radical (unpaired) electrons. The number of carbonyl (C=O) groups is 1. The average molecular weight is 387 g/mol. The van der Waals surface area contributed by atoms with Gasteiger partial charge in [-0.3, -0.25) is 9.69 Å². The van der Waals surface area contributed by atoms with Gasteiger partial charge in [-0.15, -0.1) is 0 Å². The molecule has 0 atom stereocenters. The quantitative estimate of drug-likeness (QED) is 0.783. The third-order valence-electron chi connectivity index (χ3n) is 4.89. The topological polar surface area (TPSA) is 41.6 Å². The lowest BCUT2D eigenvalue weighted by atomic mass is 10.0. The first-order valence-corrected chi connectivity index (χ1v) is 9.86. The predicted octanol–water partition coefficient (Wildman–Crippen LogP) is 3.95. The molecular formula is C22H27ClN2O2. The van der Waals surface area contributed by atoms with Gasteiger partial charge in [-0.05, 0) is 37.0 Å². The summed E-state index contributed by atoms with van der Waals surface area (Å²) in [6, 6.07) is 16.4. The van der Waals surface area contributed by atoms with Gasteiger partial charge in [0.25, 0.3) is 0 Å². The maximum atomic E-state index is 12.1. The van der Waals surface area contributed by atoms with Crippen molar-refractivity contribution in [3.05, 3.63) is 70.2 Å². The van der Waals surface area contributed by atoms with E-state index in [1.54, 1.807) is 0 Å². The van der Waals surface area contributed by atoms with Gasteiger partial charge in [0.15, 0.2) is 0 Å². The second kappa shape index (κ2) is 9.88. The Kier molecular flexibility index (Phi) is 7.27. The van der Waals surface area contributed by atoms with Crippen LogP contribution in [0, 0.1) is 6.92 Å². The van der Waals surface area contributed by atoms with E-state index in [1.165, 1.54) is 11.1 Å². The molecule has 0 aromatic heterocycles. The number of piperidine rings is 1. The highest BCUT2D eigenvalue weighted by molar-refractivity contribution is 6.31. The number of amides is 1. The van der Waals surface area contributed by atoms with E-state index in [0.29, 0.717) is 11.6 Å². The molecule has 3 rings (SSSR count). The standard InChI is InChI=1S/C22H27ClN2O2/c1-17-5-4-6-18(13-17)14-25-11-9-20(10-12-25)24-22(26)16-27-15-19-7-2-3-8-21(19)23/h2-8,13,20H,9-12,14-16H2,1H3,(H,24,26). The van der Waals surface area contributed by atoms with E-state index in [1.807, 2.05) is 24.3 Å². The average Bonchev–Trinajstić information content (AvgIpc) is 2.65. The minimum atomic E-state index is -0.0563. The van der Waals surface area contributed by atoms with Crippen LogP contribution in [0.4, 0.5) is 0 Å². The predicted molar refractivity (Wildman–Crippen MR) is 109 cm³/mol. The third-order valence-corrected chi connectivity index (χ3v) is 5.26. The SMILES string of the molecule is Cc1cccc(CN2CCC(NC(=O)COCc3ccccc3Cl)CC2)c1. The fourth-order valence-electron chi connectivity index (χ4n) is 3.44. The van der Waals surface area contributed by atoms with E-state index in [4.69, 9.17) is 16.3 Å². The van der Waals surface area contributed by atoms with Gasteiger partial charge in [0.1, 0.15) is 6.61 Å². The fourth-order valence-corrected chi connectivity index (χ4v) is 3.63. The third kappa shape index (κ3) is 6.35. The first-order chi connectivity index (χ1) is 13.1. The van der Waals surface area contributed by atoms with Gasteiger partial charge in [-0.1, -0.05) is 59.6 Å². The Labute approximate surface area is 166 Å². The first kappa shape index (κ1) is 19.9. The Morgan fingerprint density at radius 2 is 1.96 bits per heavy atom. The molecule has 1 saturated heterocycles. The lowest BCUT2D eigenvalue weighted by molar-refractivity contribution is -0.127. The van der Waals surface area contributed by atoms with E-state index in [0.717, 1.165) is 38.0 Å². The zero-order chi connectivity index (χ0) is 19.1. The molecule has 4 nitrogen and oxygen atoms in total. The summed E-state index contributed by atoms with van der Waals surface area (Å²) >= 11 is 6.09. The summed E-state index contributed by atoms with van der Waals surface area (Å²) in [5, 5.41) is 3.76. The van der Waals surface area contributed by atoms with Crippen molar-refractivity contribution in [3.8, 4) is 0 Å². The van der Waals surface area contributed by atoms with Crippen LogP contribution in [0.2, 0.25) is 5.02 Å². The van der Waals surface area contributed by atoms with Crippen molar-refractivity contribution in [3.63, 3.8) is 0 Å². The molecule has 0 spiro atoms. The van der Waals surface area contributed by atoms with Crippen molar-refractivity contribution in [1.29, 1.82) is 0 Å². The molecule has 5 heteroatoms. The minimum absolute atomic E-state index is 0.0563. The molecule has 1 amide bonds. The van der Waals surface area contributed by atoms with Crippen LogP contribution in [0.1, 0.15) is 29.5 Å². The number of rotatable bonds is 7. The summed E-state index contributed by atoms with van der Waals surface area (Å²) < 4.78 is 5.51. The van der Waals surface area contributed by atoms with Crippen LogP contribution in [0.25, 0.3) is 0 Å². The maximum Gasteiger partial charge on any atom is 0.246 e. The first-order valence-electron chi connectivity index (χ1n) is 9.48. The molecule has 2 aromatic rings. The monoisotopic (exact) mass is 386 g/mol. The van der Waals surface area contributed by atoms with Crippen molar-refractivity contribution in [2.75, 3.05) is 19.7 Å². The number of halogens is 1. The lowest BCUT2D eigenvalue weighted by Gasteiger charge is -2.32. The molecule has 2 aromatic carbocycles. The summed E-state index contributed by atoms with van der Waals surface area (Å²) in [7, 11) is 0. The van der Waals surface area contributed by atoms with Crippen molar-refractivity contribution in [2.24, 2.45) is 0 Å². The van der Waals surface area contributed by atoms with Gasteiger partial charge < -0.3 is 10.1 Å². The number of carbonyl (C=O) groups excluding carboxylic acids is 1. The van der Waals surface area contributed by atoms with Crippen LogP contribution in [-0.4, -0.2) is 36.5 Å². The summed E-state index contributed by atoms with van der Waals surface area (Å²) in [4.78, 5) is 14.6. The minimum Gasteiger partial charge on any atom is -0.367 e. The van der Waals surface area contributed by atoms with Crippen molar-refractivity contribution >= 4 is 17.5 Å². The molecule has 1 heterocycles. The van der Waals surface area contributed by atoms with E-state index in [-0.39, 0.29) is 18.6 Å². The highest BCUT2D eigenvalue weighted by Crippen LogP contribution is 2.16. The highest BCUT2D eigenvalue weighted by atomic mass is 35.5. The normalized spacial score (nSPS) is 15.6. The second-order valence-corrected chi connectivity index (χ2v) is 7.60. The molecule has 144 valence electrons. The Hall–Kier alpha value is -1.88. The molecule has 1 N–H and O–H groups in total. The highest BCUT2D eigenvalue weighted by Gasteiger charge is 2.20. The van der Waals surface area contributed by atoms with Gasteiger partial charge in [0.2, 0.25) is 5.91 Å². The van der Waals surface area contributed by atoms with Gasteiger partial charge >= 0.3 is 0 Å². The van der Waals surface area contributed by atoms with E-state index >= 15 is 0 Å². The Balaban J connectivity index is 1.35.